The van der Waals surface area contributed by atoms with Gasteiger partial charge in [-0.25, -0.2) is 25.3 Å². The van der Waals surface area contributed by atoms with Crippen LogP contribution in [0, 0.1) is 11.3 Å². The van der Waals surface area contributed by atoms with E-state index in [1.54, 1.807) is 78.9 Å². The molecule has 0 unspecified atom stereocenters. The van der Waals surface area contributed by atoms with E-state index < -0.39 is 69.8 Å². The molecule has 2 N–H and O–H groups in total. The molecule has 0 spiro atoms. The molecule has 3 aromatic carbocycles. The number of nitrogens with two attached hydrogens (primary N) is 1. The van der Waals surface area contributed by atoms with Crippen molar-refractivity contribution in [1.29, 1.82) is 0 Å². The van der Waals surface area contributed by atoms with Gasteiger partial charge in [0.1, 0.15) is 0 Å². The number of benzene rings is 3. The normalized spacial score (nSPS) is 13.6. The Morgan fingerprint density at radius 3 is 1.57 bits per heavy atom. The lowest BCUT2D eigenvalue weighted by Crippen LogP contribution is -2.52. The number of carbonyl (C=O) groups is 1. The van der Waals surface area contributed by atoms with Crippen LogP contribution in [0.4, 0.5) is 0 Å². The van der Waals surface area contributed by atoms with Crippen LogP contribution < -0.4 is 5.73 Å². The summed E-state index contributed by atoms with van der Waals surface area (Å²) in [5.74, 6) is -4.80. The Morgan fingerprint density at radius 1 is 0.738 bits per heavy atom. The van der Waals surface area contributed by atoms with Gasteiger partial charge in [-0.2, -0.15) is 0 Å². The molecule has 0 saturated carbocycles. The highest BCUT2D eigenvalue weighted by atomic mass is 32.2. The maximum atomic E-state index is 13.6. The van der Waals surface area contributed by atoms with Crippen molar-refractivity contribution < 1.29 is 30.0 Å². The maximum Gasteiger partial charge on any atom is 0.226 e. The predicted octanol–water partition coefficient (Wildman–Crippen LogP) is 4.48. The van der Waals surface area contributed by atoms with Gasteiger partial charge in [-0.3, -0.25) is 4.79 Å². The fourth-order valence-electron chi connectivity index (χ4n) is 4.99. The zero-order chi connectivity index (χ0) is 30.9. The van der Waals surface area contributed by atoms with E-state index in [1.165, 1.54) is 18.2 Å². The molecule has 0 radical (unpaired) electrons. The van der Waals surface area contributed by atoms with E-state index in [2.05, 4.69) is 0 Å². The topological polar surface area (TPSA) is 146 Å². The van der Waals surface area contributed by atoms with Gasteiger partial charge >= 0.3 is 0 Å². The molecule has 0 aliphatic rings. The third-order valence-corrected chi connectivity index (χ3v) is 11.9. The summed E-state index contributed by atoms with van der Waals surface area (Å²) in [7, 11) is -12.2. The molecule has 226 valence electrons. The van der Waals surface area contributed by atoms with Crippen LogP contribution in [0.1, 0.15) is 37.3 Å². The molecule has 1 amide bonds. The molecule has 42 heavy (non-hydrogen) atoms. The lowest BCUT2D eigenvalue weighted by Gasteiger charge is -2.36. The molecular formula is C31H37NO7S3. The van der Waals surface area contributed by atoms with Gasteiger partial charge < -0.3 is 5.73 Å². The van der Waals surface area contributed by atoms with Crippen molar-refractivity contribution in [2.75, 3.05) is 11.5 Å². The summed E-state index contributed by atoms with van der Waals surface area (Å²) in [6.45, 7) is 1.88. The lowest BCUT2D eigenvalue weighted by atomic mass is 9.75. The molecule has 0 bridgehead atoms. The molecule has 3 rings (SSSR count). The van der Waals surface area contributed by atoms with Crippen LogP contribution >= 0.6 is 0 Å². The second-order valence-electron chi connectivity index (χ2n) is 10.5. The zero-order valence-electron chi connectivity index (χ0n) is 23.5. The Kier molecular flexibility index (Phi) is 11.3. The standard InChI is InChI=1S/C31H37NO7S3/c1-2-3-17-28(20-21-42(38,39)29-18-11-6-12-19-29)31(30(32)33,24-40(34,35)22-26-13-7-4-8-14-26)25-41(36,37)23-27-15-9-5-10-16-27/h4-16,18-21,28H,2-3,17,22-25H2,1H3,(H2,32,33)/b21-20+/t28-/m0/s1. The summed E-state index contributed by atoms with van der Waals surface area (Å²) in [6, 6.07) is 24.3. The molecular weight excluding hydrogens is 595 g/mol. The smallest absolute Gasteiger partial charge is 0.226 e. The van der Waals surface area contributed by atoms with Crippen molar-refractivity contribution in [3.8, 4) is 0 Å². The van der Waals surface area contributed by atoms with Crippen molar-refractivity contribution in [1.82, 2.24) is 0 Å². The van der Waals surface area contributed by atoms with Gasteiger partial charge in [-0.05, 0) is 35.6 Å². The molecule has 8 nitrogen and oxygen atoms in total. The average molecular weight is 632 g/mol. The first kappa shape index (κ1) is 33.2. The van der Waals surface area contributed by atoms with E-state index in [0.29, 0.717) is 24.0 Å². The molecule has 0 heterocycles. The first-order chi connectivity index (χ1) is 19.8. The van der Waals surface area contributed by atoms with Crippen molar-refractivity contribution in [3.05, 3.63) is 114 Å². The number of allylic oxidation sites excluding steroid dienone is 1. The zero-order valence-corrected chi connectivity index (χ0v) is 26.0. The van der Waals surface area contributed by atoms with Gasteiger partial charge in [0.05, 0.1) is 33.3 Å². The highest BCUT2D eigenvalue weighted by Crippen LogP contribution is 2.38. The fourth-order valence-corrected chi connectivity index (χ4v) is 10.3. The minimum atomic E-state index is -4.11. The van der Waals surface area contributed by atoms with E-state index in [1.807, 2.05) is 6.92 Å². The monoisotopic (exact) mass is 631 g/mol. The molecule has 1 atom stereocenters. The number of rotatable bonds is 16. The summed E-state index contributed by atoms with van der Waals surface area (Å²) in [5.41, 5.74) is 4.75. The van der Waals surface area contributed by atoms with Crippen LogP contribution in [-0.2, 0) is 45.8 Å². The maximum absolute atomic E-state index is 13.6. The summed E-state index contributed by atoms with van der Waals surface area (Å²) >= 11 is 0. The van der Waals surface area contributed by atoms with Gasteiger partial charge in [0.25, 0.3) is 0 Å². The quantitative estimate of drug-likeness (QED) is 0.245. The second-order valence-corrected chi connectivity index (χ2v) is 16.5. The predicted molar refractivity (Wildman–Crippen MR) is 165 cm³/mol. The van der Waals surface area contributed by atoms with Gasteiger partial charge in [0.15, 0.2) is 29.5 Å². The van der Waals surface area contributed by atoms with Gasteiger partial charge in [-0.1, -0.05) is 105 Å². The van der Waals surface area contributed by atoms with E-state index in [0.717, 1.165) is 5.41 Å². The SMILES string of the molecule is CCCC[C@@H](/C=C/S(=O)(=O)c1ccccc1)C(CS(=O)(=O)Cc1ccccc1)(CS(=O)(=O)Cc1ccccc1)C(N)=O. The summed E-state index contributed by atoms with van der Waals surface area (Å²) < 4.78 is 80.7. The third-order valence-electron chi connectivity index (χ3n) is 7.04. The van der Waals surface area contributed by atoms with Crippen molar-refractivity contribution in [2.24, 2.45) is 17.1 Å². The second kappa shape index (κ2) is 14.3. The van der Waals surface area contributed by atoms with E-state index in [9.17, 15) is 30.0 Å². The molecule has 0 aliphatic carbocycles. The number of sulfone groups is 3. The number of unbranched alkanes of at least 4 members (excludes halogenated alkanes) is 1. The molecule has 0 aliphatic heterocycles. The van der Waals surface area contributed by atoms with E-state index in [-0.39, 0.29) is 11.3 Å². The lowest BCUT2D eigenvalue weighted by molar-refractivity contribution is -0.127. The summed E-state index contributed by atoms with van der Waals surface area (Å²) in [4.78, 5) is 13.4. The Labute approximate surface area is 249 Å². The largest absolute Gasteiger partial charge is 0.369 e. The average Bonchev–Trinajstić information content (AvgIpc) is 2.93. The van der Waals surface area contributed by atoms with Crippen LogP contribution in [0.3, 0.4) is 0 Å². The Balaban J connectivity index is 2.14. The molecule has 0 saturated heterocycles. The van der Waals surface area contributed by atoms with E-state index >= 15 is 0 Å². The number of primary amides is 1. The van der Waals surface area contributed by atoms with E-state index in [4.69, 9.17) is 5.73 Å². The van der Waals surface area contributed by atoms with Crippen LogP contribution in [-0.4, -0.2) is 42.7 Å². The highest BCUT2D eigenvalue weighted by Gasteiger charge is 2.49. The summed E-state index contributed by atoms with van der Waals surface area (Å²) in [6.07, 6.45) is 2.52. The van der Waals surface area contributed by atoms with Crippen LogP contribution in [0.25, 0.3) is 0 Å². The first-order valence-electron chi connectivity index (χ1n) is 13.6. The molecule has 11 heteroatoms. The minimum absolute atomic E-state index is 0.00793. The Morgan fingerprint density at radius 2 is 1.17 bits per heavy atom. The van der Waals surface area contributed by atoms with Crippen molar-refractivity contribution in [2.45, 2.75) is 42.6 Å². The highest BCUT2D eigenvalue weighted by molar-refractivity contribution is 7.94. The van der Waals surface area contributed by atoms with Gasteiger partial charge in [0, 0.05) is 5.41 Å². The number of hydrogen-bond donors (Lipinski definition) is 1. The Hall–Kier alpha value is -3.28. The van der Waals surface area contributed by atoms with Crippen LogP contribution in [0.5, 0.6) is 0 Å². The van der Waals surface area contributed by atoms with Crippen molar-refractivity contribution >= 4 is 35.4 Å². The van der Waals surface area contributed by atoms with Crippen LogP contribution in [0.15, 0.2) is 107 Å². The third kappa shape index (κ3) is 9.37. The number of amides is 1. The molecule has 3 aromatic rings. The summed E-state index contributed by atoms with van der Waals surface area (Å²) in [5, 5.41) is 0.925. The Bertz CT molecular complexity index is 1600. The number of hydrogen-bond acceptors (Lipinski definition) is 7. The first-order valence-corrected chi connectivity index (χ1v) is 18.7. The van der Waals surface area contributed by atoms with Crippen LogP contribution in [0.2, 0.25) is 0 Å². The number of carbonyl (C=O) groups excluding carboxylic acids is 1. The van der Waals surface area contributed by atoms with Gasteiger partial charge in [-0.15, -0.1) is 0 Å². The molecule has 0 aromatic heterocycles. The molecule has 0 fully saturated rings. The fraction of sp³-hybridized carbons (Fsp3) is 0.323. The van der Waals surface area contributed by atoms with Crippen molar-refractivity contribution in [3.63, 3.8) is 0 Å². The minimum Gasteiger partial charge on any atom is -0.369 e. The van der Waals surface area contributed by atoms with Gasteiger partial charge in [0.2, 0.25) is 5.91 Å².